The third kappa shape index (κ3) is 5.16. The van der Waals surface area contributed by atoms with Gasteiger partial charge in [-0.15, -0.1) is 0 Å². The van der Waals surface area contributed by atoms with E-state index in [0.29, 0.717) is 16.8 Å². The zero-order chi connectivity index (χ0) is 21.9. The molecule has 30 heavy (non-hydrogen) atoms. The van der Waals surface area contributed by atoms with E-state index < -0.39 is 34.1 Å². The summed E-state index contributed by atoms with van der Waals surface area (Å²) in [4.78, 5) is 12.7. The standard InChI is InChI=1S/C22H26F2N2O3S/c1-3-20(17-9-8-15-6-4-5-7-16(15)12-17)25-22(27)14-26(30(2,28)29)21-11-10-18(23)13-19(21)24/h8-13,20H,3-7,14H2,1-2H3,(H,25,27). The van der Waals surface area contributed by atoms with Gasteiger partial charge in [-0.2, -0.15) is 0 Å². The number of nitrogens with one attached hydrogen (secondary N) is 1. The lowest BCUT2D eigenvalue weighted by atomic mass is 9.89. The Bertz CT molecular complexity index is 1040. The van der Waals surface area contributed by atoms with E-state index in [2.05, 4.69) is 17.4 Å². The molecule has 1 atom stereocenters. The number of hydrogen-bond acceptors (Lipinski definition) is 3. The maximum Gasteiger partial charge on any atom is 0.241 e. The number of benzene rings is 2. The zero-order valence-electron chi connectivity index (χ0n) is 17.1. The van der Waals surface area contributed by atoms with Crippen LogP contribution < -0.4 is 9.62 Å². The van der Waals surface area contributed by atoms with Crippen LogP contribution in [-0.4, -0.2) is 27.1 Å². The summed E-state index contributed by atoms with van der Waals surface area (Å²) >= 11 is 0. The number of carbonyl (C=O) groups excluding carboxylic acids is 1. The molecule has 0 radical (unpaired) electrons. The third-order valence-electron chi connectivity index (χ3n) is 5.38. The fraction of sp³-hybridized carbons (Fsp3) is 0.409. The normalized spacial score (nSPS) is 14.7. The van der Waals surface area contributed by atoms with Crippen molar-refractivity contribution in [2.75, 3.05) is 17.1 Å². The van der Waals surface area contributed by atoms with Gasteiger partial charge in [0.1, 0.15) is 18.2 Å². The second-order valence-electron chi connectivity index (χ2n) is 7.63. The van der Waals surface area contributed by atoms with Crippen molar-refractivity contribution >= 4 is 21.6 Å². The van der Waals surface area contributed by atoms with Gasteiger partial charge < -0.3 is 5.32 Å². The van der Waals surface area contributed by atoms with Gasteiger partial charge in [0.25, 0.3) is 0 Å². The van der Waals surface area contributed by atoms with E-state index in [1.54, 1.807) is 0 Å². The summed E-state index contributed by atoms with van der Waals surface area (Å²) in [5, 5.41) is 2.85. The highest BCUT2D eigenvalue weighted by molar-refractivity contribution is 7.92. The minimum Gasteiger partial charge on any atom is -0.348 e. The van der Waals surface area contributed by atoms with Crippen LogP contribution in [0, 0.1) is 11.6 Å². The molecule has 1 N–H and O–H groups in total. The Hall–Kier alpha value is -2.48. The van der Waals surface area contributed by atoms with Gasteiger partial charge in [-0.3, -0.25) is 9.10 Å². The largest absolute Gasteiger partial charge is 0.348 e. The van der Waals surface area contributed by atoms with E-state index in [9.17, 15) is 22.0 Å². The van der Waals surface area contributed by atoms with Crippen LogP contribution in [0.5, 0.6) is 0 Å². The van der Waals surface area contributed by atoms with Crippen LogP contribution in [0.1, 0.15) is 48.9 Å². The van der Waals surface area contributed by atoms with Gasteiger partial charge in [0.2, 0.25) is 15.9 Å². The van der Waals surface area contributed by atoms with Crippen LogP contribution in [0.25, 0.3) is 0 Å². The first kappa shape index (κ1) is 22.2. The third-order valence-corrected chi connectivity index (χ3v) is 6.51. The molecule has 3 rings (SSSR count). The molecular formula is C22H26F2N2O3S. The molecule has 0 aliphatic heterocycles. The van der Waals surface area contributed by atoms with Gasteiger partial charge in [-0.25, -0.2) is 17.2 Å². The lowest BCUT2D eigenvalue weighted by Gasteiger charge is -2.25. The molecule has 2 aromatic rings. The second kappa shape index (κ2) is 9.12. The molecule has 0 fully saturated rings. The van der Waals surface area contributed by atoms with Crippen molar-refractivity contribution in [3.63, 3.8) is 0 Å². The summed E-state index contributed by atoms with van der Waals surface area (Å²) < 4.78 is 52.4. The van der Waals surface area contributed by atoms with Gasteiger partial charge in [-0.05, 0) is 60.9 Å². The minimum atomic E-state index is -3.96. The molecule has 0 saturated heterocycles. The Morgan fingerprint density at radius 1 is 1.10 bits per heavy atom. The topological polar surface area (TPSA) is 66.5 Å². The monoisotopic (exact) mass is 436 g/mol. The number of anilines is 1. The first-order valence-corrected chi connectivity index (χ1v) is 11.9. The Morgan fingerprint density at radius 3 is 2.43 bits per heavy atom. The van der Waals surface area contributed by atoms with E-state index in [4.69, 9.17) is 0 Å². The predicted octanol–water partition coefficient (Wildman–Crippen LogP) is 3.88. The number of sulfonamides is 1. The van der Waals surface area contributed by atoms with Crippen molar-refractivity contribution < 1.29 is 22.0 Å². The van der Waals surface area contributed by atoms with Crippen LogP contribution in [-0.2, 0) is 27.7 Å². The second-order valence-corrected chi connectivity index (χ2v) is 9.54. The lowest BCUT2D eigenvalue weighted by molar-refractivity contribution is -0.120. The summed E-state index contributed by atoms with van der Waals surface area (Å²) in [5.74, 6) is -2.43. The van der Waals surface area contributed by atoms with Crippen LogP contribution in [0.2, 0.25) is 0 Å². The molecule has 2 aromatic carbocycles. The quantitative estimate of drug-likeness (QED) is 0.716. The maximum absolute atomic E-state index is 14.2. The van der Waals surface area contributed by atoms with Crippen molar-refractivity contribution in [1.82, 2.24) is 5.32 Å². The molecule has 8 heteroatoms. The van der Waals surface area contributed by atoms with Crippen LogP contribution in [0.15, 0.2) is 36.4 Å². The van der Waals surface area contributed by atoms with Crippen LogP contribution in [0.4, 0.5) is 14.5 Å². The van der Waals surface area contributed by atoms with Gasteiger partial charge in [0, 0.05) is 6.07 Å². The van der Waals surface area contributed by atoms with Crippen molar-refractivity contribution in [3.8, 4) is 0 Å². The van der Waals surface area contributed by atoms with E-state index in [1.165, 1.54) is 17.5 Å². The Kier molecular flexibility index (Phi) is 6.75. The van der Waals surface area contributed by atoms with E-state index in [-0.39, 0.29) is 11.7 Å². The molecule has 0 aromatic heterocycles. The molecule has 0 spiro atoms. The summed E-state index contributed by atoms with van der Waals surface area (Å²) in [6, 6.07) is 8.46. The van der Waals surface area contributed by atoms with Gasteiger partial charge in [0.15, 0.2) is 0 Å². The first-order chi connectivity index (χ1) is 14.2. The summed E-state index contributed by atoms with van der Waals surface area (Å²) in [7, 11) is -3.96. The number of rotatable bonds is 7. The number of aryl methyl sites for hydroxylation is 2. The molecule has 5 nitrogen and oxygen atoms in total. The molecule has 0 saturated carbocycles. The number of hydrogen-bond donors (Lipinski definition) is 1. The fourth-order valence-corrected chi connectivity index (χ4v) is 4.68. The average Bonchev–Trinajstić information content (AvgIpc) is 2.69. The molecular weight excluding hydrogens is 410 g/mol. The van der Waals surface area contributed by atoms with E-state index >= 15 is 0 Å². The van der Waals surface area contributed by atoms with Crippen molar-refractivity contribution in [1.29, 1.82) is 0 Å². The number of halogens is 2. The average molecular weight is 437 g/mol. The van der Waals surface area contributed by atoms with E-state index in [1.807, 2.05) is 13.0 Å². The Balaban J connectivity index is 1.78. The lowest BCUT2D eigenvalue weighted by Crippen LogP contribution is -2.42. The molecule has 1 unspecified atom stereocenters. The first-order valence-electron chi connectivity index (χ1n) is 10.0. The van der Waals surface area contributed by atoms with Crippen molar-refractivity contribution in [2.24, 2.45) is 0 Å². The van der Waals surface area contributed by atoms with E-state index in [0.717, 1.165) is 43.2 Å². The molecule has 1 aliphatic carbocycles. The van der Waals surface area contributed by atoms with Crippen LogP contribution in [0.3, 0.4) is 0 Å². The number of nitrogens with zero attached hydrogens (tertiary/aromatic N) is 1. The van der Waals surface area contributed by atoms with Gasteiger partial charge >= 0.3 is 0 Å². The minimum absolute atomic E-state index is 0.288. The predicted molar refractivity (Wildman–Crippen MR) is 113 cm³/mol. The van der Waals surface area contributed by atoms with Gasteiger partial charge in [-0.1, -0.05) is 25.1 Å². The molecule has 162 valence electrons. The highest BCUT2D eigenvalue weighted by Gasteiger charge is 2.25. The smallest absolute Gasteiger partial charge is 0.241 e. The summed E-state index contributed by atoms with van der Waals surface area (Å²) in [6.07, 6.45) is 5.90. The molecule has 1 aliphatic rings. The van der Waals surface area contributed by atoms with Crippen molar-refractivity contribution in [3.05, 3.63) is 64.7 Å². The number of fused-ring (bicyclic) bond motifs is 1. The SMILES string of the molecule is CCC(NC(=O)CN(c1ccc(F)cc1F)S(C)(=O)=O)c1ccc2c(c1)CCCC2. The summed E-state index contributed by atoms with van der Waals surface area (Å²) in [5.41, 5.74) is 3.22. The number of carbonyl (C=O) groups is 1. The van der Waals surface area contributed by atoms with Crippen LogP contribution >= 0.6 is 0 Å². The Labute approximate surface area is 176 Å². The molecule has 0 bridgehead atoms. The summed E-state index contributed by atoms with van der Waals surface area (Å²) in [6.45, 7) is 1.33. The van der Waals surface area contributed by atoms with Crippen molar-refractivity contribution in [2.45, 2.75) is 45.1 Å². The molecule has 1 amide bonds. The highest BCUT2D eigenvalue weighted by Crippen LogP contribution is 2.27. The zero-order valence-corrected chi connectivity index (χ0v) is 17.9. The fourth-order valence-electron chi connectivity index (χ4n) is 3.83. The maximum atomic E-state index is 14.2. The molecule has 0 heterocycles. The Morgan fingerprint density at radius 2 is 1.80 bits per heavy atom. The van der Waals surface area contributed by atoms with Gasteiger partial charge in [0.05, 0.1) is 18.0 Å². The highest BCUT2D eigenvalue weighted by atomic mass is 32.2. The number of amides is 1.